The summed E-state index contributed by atoms with van der Waals surface area (Å²) in [4.78, 5) is 4.22. The van der Waals surface area contributed by atoms with Crippen LogP contribution in [-0.2, 0) is 22.8 Å². The Balaban J connectivity index is 2.39. The van der Waals surface area contributed by atoms with Gasteiger partial charge in [0.2, 0.25) is 0 Å². The first-order valence-corrected chi connectivity index (χ1v) is 7.46. The van der Waals surface area contributed by atoms with Crippen LogP contribution in [0.1, 0.15) is 12.6 Å². The molecule has 1 aromatic rings. The molecule has 0 amide bonds. The largest absolute Gasteiger partial charge is 0.336 e. The van der Waals surface area contributed by atoms with Crippen molar-refractivity contribution in [2.45, 2.75) is 19.9 Å². The van der Waals surface area contributed by atoms with E-state index in [1.807, 2.05) is 10.8 Å². The third-order valence-electron chi connectivity index (χ3n) is 2.21. The van der Waals surface area contributed by atoms with Crippen molar-refractivity contribution in [3.63, 3.8) is 0 Å². The summed E-state index contributed by atoms with van der Waals surface area (Å²) in [6.45, 7) is 4.39. The predicted molar refractivity (Wildman–Crippen MR) is 64.2 cm³/mol. The first-order valence-electron chi connectivity index (χ1n) is 5.40. The average Bonchev–Trinajstić information content (AvgIpc) is 2.62. The molecule has 0 saturated heterocycles. The molecular formula is C10H19N3O2S. The van der Waals surface area contributed by atoms with Crippen molar-refractivity contribution in [1.82, 2.24) is 14.9 Å². The lowest BCUT2D eigenvalue weighted by atomic mass is 10.3. The summed E-state index contributed by atoms with van der Waals surface area (Å²) in [7, 11) is -2.89. The Hall–Kier alpha value is -0.880. The van der Waals surface area contributed by atoms with Crippen molar-refractivity contribution in [2.75, 3.05) is 25.1 Å². The molecule has 0 aromatic carbocycles. The van der Waals surface area contributed by atoms with E-state index in [2.05, 4.69) is 17.2 Å². The molecule has 0 atom stereocenters. The van der Waals surface area contributed by atoms with Gasteiger partial charge in [-0.2, -0.15) is 0 Å². The van der Waals surface area contributed by atoms with Crippen LogP contribution < -0.4 is 5.32 Å². The number of hydrogen-bond acceptors (Lipinski definition) is 4. The fourth-order valence-corrected chi connectivity index (χ4v) is 1.86. The van der Waals surface area contributed by atoms with E-state index in [1.54, 1.807) is 6.33 Å². The highest BCUT2D eigenvalue weighted by atomic mass is 32.2. The second-order valence-corrected chi connectivity index (χ2v) is 6.10. The van der Waals surface area contributed by atoms with Gasteiger partial charge in [0.1, 0.15) is 9.84 Å². The number of sulfone groups is 1. The Morgan fingerprint density at radius 2 is 2.25 bits per heavy atom. The lowest BCUT2D eigenvalue weighted by Gasteiger charge is -2.00. The molecule has 5 nitrogen and oxygen atoms in total. The molecule has 0 saturated carbocycles. The van der Waals surface area contributed by atoms with Gasteiger partial charge < -0.3 is 9.88 Å². The lowest BCUT2D eigenvalue weighted by Crippen LogP contribution is -2.16. The van der Waals surface area contributed by atoms with E-state index >= 15 is 0 Å². The van der Waals surface area contributed by atoms with E-state index in [0.29, 0.717) is 6.54 Å². The van der Waals surface area contributed by atoms with Crippen molar-refractivity contribution >= 4 is 9.84 Å². The Labute approximate surface area is 96.8 Å². The molecule has 1 N–H and O–H groups in total. The van der Waals surface area contributed by atoms with Crippen molar-refractivity contribution in [3.8, 4) is 0 Å². The SMILES string of the molecule is CCNCCc1cn(CCS(C)(=O)=O)cn1. The van der Waals surface area contributed by atoms with Crippen LogP contribution in [-0.4, -0.2) is 43.1 Å². The molecule has 92 valence electrons. The monoisotopic (exact) mass is 245 g/mol. The van der Waals surface area contributed by atoms with E-state index in [0.717, 1.165) is 25.2 Å². The van der Waals surface area contributed by atoms with Crippen LogP contribution in [0, 0.1) is 0 Å². The second kappa shape index (κ2) is 6.00. The molecule has 0 aliphatic carbocycles. The summed E-state index contributed by atoms with van der Waals surface area (Å²) in [6, 6.07) is 0. The number of nitrogens with zero attached hydrogens (tertiary/aromatic N) is 2. The van der Waals surface area contributed by atoms with Crippen LogP contribution >= 0.6 is 0 Å². The zero-order valence-corrected chi connectivity index (χ0v) is 10.6. The molecule has 6 heteroatoms. The molecule has 0 aliphatic heterocycles. The predicted octanol–water partition coefficient (Wildman–Crippen LogP) is 0.0797. The van der Waals surface area contributed by atoms with Gasteiger partial charge in [0, 0.05) is 32.0 Å². The number of rotatable bonds is 7. The molecule has 16 heavy (non-hydrogen) atoms. The van der Waals surface area contributed by atoms with Crippen molar-refractivity contribution in [2.24, 2.45) is 0 Å². The molecule has 1 rings (SSSR count). The van der Waals surface area contributed by atoms with Crippen molar-refractivity contribution in [3.05, 3.63) is 18.2 Å². The van der Waals surface area contributed by atoms with Gasteiger partial charge in [-0.3, -0.25) is 0 Å². The Morgan fingerprint density at radius 3 is 2.88 bits per heavy atom. The van der Waals surface area contributed by atoms with Crippen LogP contribution in [0.2, 0.25) is 0 Å². The Bertz CT molecular complexity index is 411. The van der Waals surface area contributed by atoms with Gasteiger partial charge in [-0.1, -0.05) is 6.92 Å². The number of aromatic nitrogens is 2. The third kappa shape index (κ3) is 5.27. The van der Waals surface area contributed by atoms with Gasteiger partial charge in [-0.25, -0.2) is 13.4 Å². The van der Waals surface area contributed by atoms with Gasteiger partial charge in [0.05, 0.1) is 17.8 Å². The summed E-state index contributed by atoms with van der Waals surface area (Å²) in [5.41, 5.74) is 0.995. The fourth-order valence-electron chi connectivity index (χ4n) is 1.32. The van der Waals surface area contributed by atoms with E-state index in [-0.39, 0.29) is 5.75 Å². The van der Waals surface area contributed by atoms with Crippen molar-refractivity contribution < 1.29 is 8.42 Å². The average molecular weight is 245 g/mol. The highest BCUT2D eigenvalue weighted by Gasteiger charge is 2.03. The normalized spacial score (nSPS) is 11.9. The van der Waals surface area contributed by atoms with E-state index in [4.69, 9.17) is 0 Å². The molecule has 0 radical (unpaired) electrons. The highest BCUT2D eigenvalue weighted by Crippen LogP contribution is 1.98. The van der Waals surface area contributed by atoms with E-state index < -0.39 is 9.84 Å². The minimum Gasteiger partial charge on any atom is -0.336 e. The first-order chi connectivity index (χ1) is 7.51. The third-order valence-corrected chi connectivity index (χ3v) is 3.14. The summed E-state index contributed by atoms with van der Waals surface area (Å²) >= 11 is 0. The summed E-state index contributed by atoms with van der Waals surface area (Å²) in [5, 5.41) is 3.22. The molecule has 1 heterocycles. The van der Waals surface area contributed by atoms with Crippen LogP contribution in [0.15, 0.2) is 12.5 Å². The molecule has 0 spiro atoms. The van der Waals surface area contributed by atoms with E-state index in [1.165, 1.54) is 6.26 Å². The number of nitrogens with one attached hydrogen (secondary N) is 1. The highest BCUT2D eigenvalue weighted by molar-refractivity contribution is 7.90. The van der Waals surface area contributed by atoms with E-state index in [9.17, 15) is 8.42 Å². The zero-order valence-electron chi connectivity index (χ0n) is 9.81. The number of aryl methyl sites for hydroxylation is 1. The van der Waals surface area contributed by atoms with Crippen LogP contribution in [0.3, 0.4) is 0 Å². The first kappa shape index (κ1) is 13.2. The number of likely N-dealkylation sites (N-methyl/N-ethyl adjacent to an activating group) is 1. The molecule has 0 aliphatic rings. The molecule has 0 unspecified atom stereocenters. The minimum absolute atomic E-state index is 0.163. The standard InChI is InChI=1S/C10H19N3O2S/c1-3-11-5-4-10-8-13(9-12-10)6-7-16(2,14)15/h8-9,11H,3-7H2,1-2H3. The maximum Gasteiger partial charge on any atom is 0.149 e. The summed E-state index contributed by atoms with van der Waals surface area (Å²) in [6.07, 6.45) is 5.71. The van der Waals surface area contributed by atoms with Gasteiger partial charge in [-0.05, 0) is 6.54 Å². The minimum atomic E-state index is -2.89. The lowest BCUT2D eigenvalue weighted by molar-refractivity contribution is 0.594. The Kier molecular flexibility index (Phi) is 4.95. The maximum atomic E-state index is 11.0. The van der Waals surface area contributed by atoms with Crippen LogP contribution in [0.25, 0.3) is 0 Å². The number of hydrogen-bond donors (Lipinski definition) is 1. The molecular weight excluding hydrogens is 226 g/mol. The molecule has 1 aromatic heterocycles. The zero-order chi connectivity index (χ0) is 12.0. The summed E-state index contributed by atoms with van der Waals surface area (Å²) < 4.78 is 23.8. The van der Waals surface area contributed by atoms with Gasteiger partial charge in [0.15, 0.2) is 0 Å². The topological polar surface area (TPSA) is 64.0 Å². The van der Waals surface area contributed by atoms with Gasteiger partial charge >= 0.3 is 0 Å². The molecule has 0 fully saturated rings. The maximum absolute atomic E-state index is 11.0. The van der Waals surface area contributed by atoms with Gasteiger partial charge in [-0.15, -0.1) is 0 Å². The smallest absolute Gasteiger partial charge is 0.149 e. The van der Waals surface area contributed by atoms with Gasteiger partial charge in [0.25, 0.3) is 0 Å². The van der Waals surface area contributed by atoms with Crippen LogP contribution in [0.4, 0.5) is 0 Å². The second-order valence-electron chi connectivity index (χ2n) is 3.84. The van der Waals surface area contributed by atoms with Crippen molar-refractivity contribution in [1.29, 1.82) is 0 Å². The molecule has 0 bridgehead atoms. The van der Waals surface area contributed by atoms with Crippen LogP contribution in [0.5, 0.6) is 0 Å². The quantitative estimate of drug-likeness (QED) is 0.691. The summed E-state index contributed by atoms with van der Waals surface area (Å²) in [5.74, 6) is 0.163. The Morgan fingerprint density at radius 1 is 1.50 bits per heavy atom. The number of imidazole rings is 1. The fraction of sp³-hybridized carbons (Fsp3) is 0.700.